The second kappa shape index (κ2) is 9.49. The maximum Gasteiger partial charge on any atom is 0.340 e. The summed E-state index contributed by atoms with van der Waals surface area (Å²) in [4.78, 5) is 12.8. The largest absolute Gasteiger partial charge is 0.497 e. The first-order valence-corrected chi connectivity index (χ1v) is 10.8. The number of ether oxygens (including phenoxy) is 2. The van der Waals surface area contributed by atoms with Crippen LogP contribution in [-0.4, -0.2) is 46.0 Å². The van der Waals surface area contributed by atoms with E-state index < -0.39 is 5.97 Å². The average Bonchev–Trinajstić information content (AvgIpc) is 3.26. The number of aromatic nitrogens is 3. The van der Waals surface area contributed by atoms with Gasteiger partial charge in [0.1, 0.15) is 5.75 Å². The van der Waals surface area contributed by atoms with Gasteiger partial charge in [0.05, 0.1) is 36.6 Å². The van der Waals surface area contributed by atoms with Crippen LogP contribution in [0.5, 0.6) is 5.75 Å². The van der Waals surface area contributed by atoms with Gasteiger partial charge in [0.15, 0.2) is 5.82 Å². The van der Waals surface area contributed by atoms with Gasteiger partial charge in [0.25, 0.3) is 0 Å². The van der Waals surface area contributed by atoms with E-state index in [1.165, 1.54) is 11.8 Å². The van der Waals surface area contributed by atoms with Crippen LogP contribution in [0.4, 0.5) is 0 Å². The van der Waals surface area contributed by atoms with Gasteiger partial charge in [-0.1, -0.05) is 23.9 Å². The van der Waals surface area contributed by atoms with Gasteiger partial charge in [-0.2, -0.15) is 15.0 Å². The molecule has 0 saturated heterocycles. The molecule has 0 atom stereocenters. The molecular weight excluding hydrogens is 426 g/mol. The monoisotopic (exact) mass is 445 g/mol. The molecule has 3 aromatic rings. The fraction of sp³-hybridized carbons (Fsp3) is 0.174. The van der Waals surface area contributed by atoms with E-state index in [2.05, 4.69) is 21.4 Å². The highest BCUT2D eigenvalue weighted by atomic mass is 32.2. The topological polar surface area (TPSA) is 102 Å². The molecule has 2 heterocycles. The molecule has 0 bridgehead atoms. The lowest BCUT2D eigenvalue weighted by molar-refractivity contribution is -0.137. The number of benzene rings is 2. The maximum absolute atomic E-state index is 12.8. The first kappa shape index (κ1) is 21.3. The van der Waals surface area contributed by atoms with Crippen molar-refractivity contribution in [1.29, 1.82) is 5.26 Å². The summed E-state index contributed by atoms with van der Waals surface area (Å²) in [6.07, 6.45) is 1.70. The first-order chi connectivity index (χ1) is 15.6. The lowest BCUT2D eigenvalue weighted by atomic mass is 10.1. The Balaban J connectivity index is 1.77. The number of rotatable bonds is 6. The van der Waals surface area contributed by atoms with Crippen LogP contribution in [0.2, 0.25) is 0 Å². The van der Waals surface area contributed by atoms with Crippen molar-refractivity contribution in [2.24, 2.45) is 5.10 Å². The van der Waals surface area contributed by atoms with Crippen LogP contribution in [0, 0.1) is 11.3 Å². The maximum atomic E-state index is 12.8. The first-order valence-electron chi connectivity index (χ1n) is 9.82. The second-order valence-electron chi connectivity index (χ2n) is 6.70. The summed E-state index contributed by atoms with van der Waals surface area (Å²) < 4.78 is 12.1. The van der Waals surface area contributed by atoms with Crippen molar-refractivity contribution in [2.45, 2.75) is 12.1 Å². The number of hydrogen-bond acceptors (Lipinski definition) is 8. The van der Waals surface area contributed by atoms with Crippen molar-refractivity contribution < 1.29 is 14.3 Å². The standard InChI is InChI=1S/C23H19N5O3S/c1-3-31-22(29)19(12-15-5-4-6-16(11-15)13-24)20-14-32-23-26-25-21(28(23)27-20)17-7-9-18(30-2)10-8-17/h4-12H,3,14H2,1-2H3/b19-12-. The van der Waals surface area contributed by atoms with E-state index in [-0.39, 0.29) is 6.61 Å². The Morgan fingerprint density at radius 3 is 2.78 bits per heavy atom. The molecule has 0 unspecified atom stereocenters. The quantitative estimate of drug-likeness (QED) is 0.420. The zero-order chi connectivity index (χ0) is 22.5. The van der Waals surface area contributed by atoms with Crippen LogP contribution in [0.25, 0.3) is 17.5 Å². The molecule has 9 heteroatoms. The van der Waals surface area contributed by atoms with Crippen molar-refractivity contribution in [3.63, 3.8) is 0 Å². The third-order valence-electron chi connectivity index (χ3n) is 4.65. The van der Waals surface area contributed by atoms with Crippen LogP contribution in [-0.2, 0) is 9.53 Å². The third kappa shape index (κ3) is 4.40. The molecule has 0 fully saturated rings. The minimum absolute atomic E-state index is 0.240. The lowest BCUT2D eigenvalue weighted by Gasteiger charge is -2.16. The van der Waals surface area contributed by atoms with E-state index >= 15 is 0 Å². The van der Waals surface area contributed by atoms with Crippen molar-refractivity contribution in [3.8, 4) is 23.2 Å². The molecule has 1 aliphatic heterocycles. The van der Waals surface area contributed by atoms with Crippen LogP contribution >= 0.6 is 11.8 Å². The normalized spacial score (nSPS) is 13.0. The summed E-state index contributed by atoms with van der Waals surface area (Å²) in [5, 5.41) is 23.0. The number of thioether (sulfide) groups is 1. The third-order valence-corrected chi connectivity index (χ3v) is 5.58. The fourth-order valence-corrected chi connectivity index (χ4v) is 3.94. The van der Waals surface area contributed by atoms with Crippen LogP contribution in [0.15, 0.2) is 64.4 Å². The van der Waals surface area contributed by atoms with Gasteiger partial charge in [-0.25, -0.2) is 4.79 Å². The van der Waals surface area contributed by atoms with Gasteiger partial charge in [0.2, 0.25) is 5.16 Å². The molecule has 1 aromatic heterocycles. The van der Waals surface area contributed by atoms with Gasteiger partial charge in [-0.3, -0.25) is 0 Å². The molecule has 0 spiro atoms. The average molecular weight is 446 g/mol. The van der Waals surface area contributed by atoms with Crippen molar-refractivity contribution >= 4 is 29.5 Å². The number of hydrogen-bond donors (Lipinski definition) is 0. The zero-order valence-corrected chi connectivity index (χ0v) is 18.3. The second-order valence-corrected chi connectivity index (χ2v) is 7.64. The van der Waals surface area contributed by atoms with E-state index in [9.17, 15) is 10.1 Å². The highest BCUT2D eigenvalue weighted by molar-refractivity contribution is 7.99. The molecule has 1 aliphatic rings. The highest BCUT2D eigenvalue weighted by Crippen LogP contribution is 2.30. The van der Waals surface area contributed by atoms with Crippen molar-refractivity contribution in [2.75, 3.05) is 19.5 Å². The summed E-state index contributed by atoms with van der Waals surface area (Å²) >= 11 is 1.43. The fourth-order valence-electron chi connectivity index (χ4n) is 3.11. The van der Waals surface area contributed by atoms with E-state index in [1.54, 1.807) is 43.0 Å². The summed E-state index contributed by atoms with van der Waals surface area (Å²) in [6, 6.07) is 16.5. The number of fused-ring (bicyclic) bond motifs is 1. The molecule has 32 heavy (non-hydrogen) atoms. The Labute approximate surface area is 189 Å². The summed E-state index contributed by atoms with van der Waals surface area (Å²) in [5.41, 5.74) is 2.90. The molecule has 0 N–H and O–H groups in total. The molecule has 160 valence electrons. The van der Waals surface area contributed by atoms with E-state index in [1.807, 2.05) is 30.3 Å². The number of esters is 1. The predicted octanol–water partition coefficient (Wildman–Crippen LogP) is 3.78. The zero-order valence-electron chi connectivity index (χ0n) is 17.5. The van der Waals surface area contributed by atoms with Crippen LogP contribution in [0.3, 0.4) is 0 Å². The van der Waals surface area contributed by atoms with E-state index in [0.29, 0.717) is 39.1 Å². The van der Waals surface area contributed by atoms with E-state index in [0.717, 1.165) is 11.3 Å². The number of carbonyl (C=O) groups excluding carboxylic acids is 1. The predicted molar refractivity (Wildman–Crippen MR) is 121 cm³/mol. The number of nitrogens with zero attached hydrogens (tertiary/aromatic N) is 5. The summed E-state index contributed by atoms with van der Waals surface area (Å²) in [6.45, 7) is 1.99. The van der Waals surface area contributed by atoms with Gasteiger partial charge in [-0.15, -0.1) is 10.2 Å². The number of methoxy groups -OCH3 is 1. The SMILES string of the molecule is CCOC(=O)/C(=C\c1cccc(C#N)c1)C1=Nn2c(nnc2-c2ccc(OC)cc2)SC1. The molecule has 8 nitrogen and oxygen atoms in total. The minimum atomic E-state index is -0.475. The smallest absolute Gasteiger partial charge is 0.340 e. The van der Waals surface area contributed by atoms with Gasteiger partial charge in [-0.05, 0) is 55.0 Å². The summed E-state index contributed by atoms with van der Waals surface area (Å²) in [7, 11) is 1.61. The van der Waals surface area contributed by atoms with Gasteiger partial charge < -0.3 is 9.47 Å². The Kier molecular flexibility index (Phi) is 6.33. The van der Waals surface area contributed by atoms with Crippen molar-refractivity contribution in [3.05, 3.63) is 65.2 Å². The van der Waals surface area contributed by atoms with Crippen LogP contribution in [0.1, 0.15) is 18.1 Å². The molecule has 0 amide bonds. The molecule has 4 rings (SSSR count). The Morgan fingerprint density at radius 1 is 1.25 bits per heavy atom. The number of carbonyl (C=O) groups is 1. The Morgan fingerprint density at radius 2 is 2.06 bits per heavy atom. The number of nitriles is 1. The van der Waals surface area contributed by atoms with Crippen LogP contribution < -0.4 is 4.74 Å². The highest BCUT2D eigenvalue weighted by Gasteiger charge is 2.25. The molecular formula is C23H19N5O3S. The van der Waals surface area contributed by atoms with Gasteiger partial charge in [0, 0.05) is 11.3 Å². The lowest BCUT2D eigenvalue weighted by Crippen LogP contribution is -2.21. The Bertz CT molecular complexity index is 1260. The Hall–Kier alpha value is -3.90. The summed E-state index contributed by atoms with van der Waals surface area (Å²) in [5.74, 6) is 1.25. The van der Waals surface area contributed by atoms with Gasteiger partial charge >= 0.3 is 5.97 Å². The van der Waals surface area contributed by atoms with E-state index in [4.69, 9.17) is 9.47 Å². The molecule has 0 aliphatic carbocycles. The molecule has 0 radical (unpaired) electrons. The van der Waals surface area contributed by atoms with Crippen molar-refractivity contribution in [1.82, 2.24) is 14.9 Å². The molecule has 0 saturated carbocycles. The minimum Gasteiger partial charge on any atom is -0.497 e. The molecule has 2 aromatic carbocycles.